The second-order valence-electron chi connectivity index (χ2n) is 5.22. The summed E-state index contributed by atoms with van der Waals surface area (Å²) >= 11 is 0. The smallest absolute Gasteiger partial charge is 0.0541 e. The third-order valence-corrected chi connectivity index (χ3v) is 3.72. The highest BCUT2D eigenvalue weighted by atomic mass is 16.5. The number of rotatable bonds is 10. The highest BCUT2D eigenvalue weighted by Crippen LogP contribution is 2.27. The summed E-state index contributed by atoms with van der Waals surface area (Å²) in [6.45, 7) is 4.47. The number of aliphatic hydroxyl groups is 1. The van der Waals surface area contributed by atoms with Gasteiger partial charge in [-0.25, -0.2) is 0 Å². The van der Waals surface area contributed by atoms with Crippen molar-refractivity contribution >= 4 is 0 Å². The third-order valence-electron chi connectivity index (χ3n) is 3.72. The Morgan fingerprint density at radius 1 is 1.15 bits per heavy atom. The van der Waals surface area contributed by atoms with Gasteiger partial charge in [-0.1, -0.05) is 29.8 Å². The molecule has 4 heteroatoms. The molecule has 0 radical (unpaired) electrons. The second-order valence-corrected chi connectivity index (χ2v) is 5.22. The van der Waals surface area contributed by atoms with Crippen molar-refractivity contribution in [3.05, 3.63) is 35.4 Å². The molecule has 1 aromatic carbocycles. The fourth-order valence-electron chi connectivity index (χ4n) is 2.18. The van der Waals surface area contributed by atoms with E-state index >= 15 is 0 Å². The van der Waals surface area contributed by atoms with Crippen LogP contribution in [0.2, 0.25) is 0 Å². The van der Waals surface area contributed by atoms with E-state index in [0.717, 1.165) is 18.4 Å². The van der Waals surface area contributed by atoms with Gasteiger partial charge in [0.2, 0.25) is 0 Å². The zero-order valence-electron chi connectivity index (χ0n) is 12.6. The Labute approximate surface area is 121 Å². The molecule has 0 bridgehead atoms. The Morgan fingerprint density at radius 3 is 2.40 bits per heavy atom. The molecule has 3 N–H and O–H groups in total. The summed E-state index contributed by atoms with van der Waals surface area (Å²) in [6.07, 6.45) is 1.60. The number of aliphatic hydroxyl groups excluding tert-OH is 1. The monoisotopic (exact) mass is 281 g/mol. The molecule has 0 aromatic heterocycles. The van der Waals surface area contributed by atoms with Crippen LogP contribution in [0.1, 0.15) is 24.0 Å². The Morgan fingerprint density at radius 2 is 1.85 bits per heavy atom. The summed E-state index contributed by atoms with van der Waals surface area (Å²) in [4.78, 5) is 0. The van der Waals surface area contributed by atoms with Gasteiger partial charge < -0.3 is 20.3 Å². The Balaban J connectivity index is 2.56. The van der Waals surface area contributed by atoms with E-state index in [4.69, 9.17) is 15.2 Å². The van der Waals surface area contributed by atoms with Crippen molar-refractivity contribution in [3.63, 3.8) is 0 Å². The molecular formula is C16H27NO3. The van der Waals surface area contributed by atoms with Gasteiger partial charge in [-0.05, 0) is 25.3 Å². The first-order valence-electron chi connectivity index (χ1n) is 7.13. The molecule has 0 aliphatic rings. The van der Waals surface area contributed by atoms with Gasteiger partial charge in [-0.15, -0.1) is 0 Å². The van der Waals surface area contributed by atoms with Crippen LogP contribution in [0.3, 0.4) is 0 Å². The van der Waals surface area contributed by atoms with Gasteiger partial charge in [-0.3, -0.25) is 0 Å². The fourth-order valence-corrected chi connectivity index (χ4v) is 2.18. The summed E-state index contributed by atoms with van der Waals surface area (Å²) < 4.78 is 10.6. The van der Waals surface area contributed by atoms with Crippen molar-refractivity contribution in [2.24, 2.45) is 5.73 Å². The standard InChI is InChI=1S/C16H27NO3/c1-14-4-6-15(7-5-14)16(12-17,13-18)8-11-20-10-3-9-19-2/h4-7,18H,3,8-13,17H2,1-2H3. The van der Waals surface area contributed by atoms with E-state index in [0.29, 0.717) is 26.4 Å². The van der Waals surface area contributed by atoms with Crippen LogP contribution in [-0.2, 0) is 14.9 Å². The lowest BCUT2D eigenvalue weighted by Gasteiger charge is -2.31. The largest absolute Gasteiger partial charge is 0.395 e. The maximum Gasteiger partial charge on any atom is 0.0541 e. The Bertz CT molecular complexity index is 360. The molecule has 0 saturated heterocycles. The van der Waals surface area contributed by atoms with Gasteiger partial charge in [0.05, 0.1) is 6.61 Å². The van der Waals surface area contributed by atoms with E-state index in [1.54, 1.807) is 7.11 Å². The molecular weight excluding hydrogens is 254 g/mol. The number of ether oxygens (including phenoxy) is 2. The van der Waals surface area contributed by atoms with Gasteiger partial charge in [0.15, 0.2) is 0 Å². The molecule has 0 aliphatic carbocycles. The third kappa shape index (κ3) is 4.87. The molecule has 20 heavy (non-hydrogen) atoms. The van der Waals surface area contributed by atoms with Crippen molar-refractivity contribution < 1.29 is 14.6 Å². The number of nitrogens with two attached hydrogens (primary N) is 1. The Kier molecular flexibility index (Phi) is 7.77. The minimum absolute atomic E-state index is 0.0357. The van der Waals surface area contributed by atoms with E-state index in [1.165, 1.54) is 5.56 Å². The van der Waals surface area contributed by atoms with Crippen LogP contribution in [0.15, 0.2) is 24.3 Å². The average molecular weight is 281 g/mol. The summed E-state index contributed by atoms with van der Waals surface area (Å²) in [5.74, 6) is 0. The van der Waals surface area contributed by atoms with Crippen LogP contribution in [0.25, 0.3) is 0 Å². The van der Waals surface area contributed by atoms with Crippen LogP contribution in [0, 0.1) is 6.92 Å². The highest BCUT2D eigenvalue weighted by Gasteiger charge is 2.29. The van der Waals surface area contributed by atoms with Gasteiger partial charge in [0.1, 0.15) is 0 Å². The molecule has 0 spiro atoms. The van der Waals surface area contributed by atoms with Crippen LogP contribution >= 0.6 is 0 Å². The number of methoxy groups -OCH3 is 1. The van der Waals surface area contributed by atoms with Crippen molar-refractivity contribution in [3.8, 4) is 0 Å². The molecule has 1 rings (SSSR count). The average Bonchev–Trinajstić information content (AvgIpc) is 2.48. The number of hydrogen-bond donors (Lipinski definition) is 2. The highest BCUT2D eigenvalue weighted by molar-refractivity contribution is 5.29. The summed E-state index contributed by atoms with van der Waals surface area (Å²) in [6, 6.07) is 8.19. The maximum atomic E-state index is 9.78. The molecule has 1 aromatic rings. The molecule has 4 nitrogen and oxygen atoms in total. The first-order chi connectivity index (χ1) is 9.68. The number of aryl methyl sites for hydroxylation is 1. The van der Waals surface area contributed by atoms with Crippen molar-refractivity contribution in [2.45, 2.75) is 25.2 Å². The number of benzene rings is 1. The van der Waals surface area contributed by atoms with Gasteiger partial charge in [-0.2, -0.15) is 0 Å². The predicted octanol–water partition coefficient (Wildman–Crippen LogP) is 1.63. The molecule has 0 aliphatic heterocycles. The second kappa shape index (κ2) is 9.08. The minimum Gasteiger partial charge on any atom is -0.395 e. The van der Waals surface area contributed by atoms with E-state index in [9.17, 15) is 5.11 Å². The summed E-state index contributed by atoms with van der Waals surface area (Å²) in [5, 5.41) is 9.78. The predicted molar refractivity (Wildman–Crippen MR) is 80.9 cm³/mol. The van der Waals surface area contributed by atoms with Crippen molar-refractivity contribution in [1.82, 2.24) is 0 Å². The topological polar surface area (TPSA) is 64.7 Å². The van der Waals surface area contributed by atoms with Gasteiger partial charge in [0.25, 0.3) is 0 Å². The summed E-state index contributed by atoms with van der Waals surface area (Å²) in [7, 11) is 1.68. The van der Waals surface area contributed by atoms with Gasteiger partial charge >= 0.3 is 0 Å². The first-order valence-corrected chi connectivity index (χ1v) is 7.13. The molecule has 114 valence electrons. The zero-order valence-corrected chi connectivity index (χ0v) is 12.6. The molecule has 1 unspecified atom stereocenters. The zero-order chi connectivity index (χ0) is 14.8. The van der Waals surface area contributed by atoms with E-state index in [-0.39, 0.29) is 6.61 Å². The van der Waals surface area contributed by atoms with E-state index in [1.807, 2.05) is 19.1 Å². The minimum atomic E-state index is -0.408. The Hall–Kier alpha value is -0.940. The lowest BCUT2D eigenvalue weighted by molar-refractivity contribution is 0.0782. The lowest BCUT2D eigenvalue weighted by atomic mass is 9.78. The first kappa shape index (κ1) is 17.1. The quantitative estimate of drug-likeness (QED) is 0.640. The molecule has 0 amide bonds. The molecule has 0 saturated carbocycles. The van der Waals surface area contributed by atoms with Crippen LogP contribution in [0.4, 0.5) is 0 Å². The summed E-state index contributed by atoms with van der Waals surface area (Å²) in [5.41, 5.74) is 7.79. The normalized spacial score (nSPS) is 14.2. The SMILES string of the molecule is COCCCOCCC(CN)(CO)c1ccc(C)cc1. The van der Waals surface area contributed by atoms with Crippen LogP contribution in [0.5, 0.6) is 0 Å². The molecule has 0 heterocycles. The van der Waals surface area contributed by atoms with E-state index in [2.05, 4.69) is 12.1 Å². The molecule has 1 atom stereocenters. The van der Waals surface area contributed by atoms with Crippen molar-refractivity contribution in [1.29, 1.82) is 0 Å². The fraction of sp³-hybridized carbons (Fsp3) is 0.625. The van der Waals surface area contributed by atoms with Crippen LogP contribution < -0.4 is 5.73 Å². The number of hydrogen-bond acceptors (Lipinski definition) is 4. The van der Waals surface area contributed by atoms with Crippen LogP contribution in [-0.4, -0.2) is 45.2 Å². The maximum absolute atomic E-state index is 9.78. The molecule has 0 fully saturated rings. The lowest BCUT2D eigenvalue weighted by Crippen LogP contribution is -2.40. The van der Waals surface area contributed by atoms with Gasteiger partial charge in [0, 0.05) is 38.9 Å². The van der Waals surface area contributed by atoms with E-state index < -0.39 is 5.41 Å². The van der Waals surface area contributed by atoms with Crippen molar-refractivity contribution in [2.75, 3.05) is 40.1 Å².